The first-order chi connectivity index (χ1) is 12.0. The Hall–Kier alpha value is -1.33. The average Bonchev–Trinajstić information content (AvgIpc) is 3.16. The molecule has 0 aliphatic carbocycles. The van der Waals surface area contributed by atoms with Gasteiger partial charge in [0.2, 0.25) is 0 Å². The number of thioether (sulfide) groups is 1. The standard InChI is InChI=1S/C20H30NO3S/c1-6-15-11-16(7-2)19(17(8-3)12-15)21(14(4)22,20(23)24-5)18-9-10-25-13-18/h11-12,18H,6-10,13H2,1-5H3/q+1. The van der Waals surface area contributed by atoms with E-state index >= 15 is 0 Å². The zero-order chi connectivity index (χ0) is 18.6. The molecule has 2 unspecified atom stereocenters. The number of carbonyl (C=O) groups is 2. The smallest absolute Gasteiger partial charge is 0.423 e. The van der Waals surface area contributed by atoms with E-state index in [1.54, 1.807) is 0 Å². The molecule has 1 aliphatic rings. The lowest BCUT2D eigenvalue weighted by Crippen LogP contribution is -2.64. The summed E-state index contributed by atoms with van der Waals surface area (Å²) in [6.45, 7) is 7.85. The molecular weight excluding hydrogens is 334 g/mol. The van der Waals surface area contributed by atoms with E-state index in [0.29, 0.717) is 0 Å². The minimum absolute atomic E-state index is 0.0574. The van der Waals surface area contributed by atoms with E-state index in [-0.39, 0.29) is 16.4 Å². The number of aryl methyl sites for hydroxylation is 3. The lowest BCUT2D eigenvalue weighted by molar-refractivity contribution is -0.127. The third-order valence-corrected chi connectivity index (χ3v) is 6.41. The Bertz CT molecular complexity index is 627. The van der Waals surface area contributed by atoms with Crippen LogP contribution in [0.4, 0.5) is 10.5 Å². The minimum Gasteiger partial charge on any atom is -0.423 e. The summed E-state index contributed by atoms with van der Waals surface area (Å²) in [5.74, 6) is 1.63. The molecule has 4 nitrogen and oxygen atoms in total. The van der Waals surface area contributed by atoms with Crippen molar-refractivity contribution in [3.63, 3.8) is 0 Å². The van der Waals surface area contributed by atoms with Crippen molar-refractivity contribution in [1.29, 1.82) is 0 Å². The molecule has 0 radical (unpaired) electrons. The van der Waals surface area contributed by atoms with Gasteiger partial charge in [-0.05, 0) is 42.7 Å². The molecule has 2 amide bonds. The predicted molar refractivity (Wildman–Crippen MR) is 105 cm³/mol. The molecule has 5 heteroatoms. The highest BCUT2D eigenvalue weighted by molar-refractivity contribution is 7.99. The normalized spacial score (nSPS) is 19.5. The SMILES string of the molecule is CCc1cc(CC)c([N+](C(C)=O)(C(=O)OC)C2CCSC2)c(CC)c1. The van der Waals surface area contributed by atoms with Crippen LogP contribution in [0.3, 0.4) is 0 Å². The van der Waals surface area contributed by atoms with Gasteiger partial charge in [0.05, 0.1) is 14.0 Å². The van der Waals surface area contributed by atoms with Gasteiger partial charge in [0.25, 0.3) is 0 Å². The van der Waals surface area contributed by atoms with Gasteiger partial charge < -0.3 is 4.74 Å². The molecule has 1 heterocycles. The van der Waals surface area contributed by atoms with Crippen molar-refractivity contribution in [2.75, 3.05) is 18.6 Å². The molecule has 1 fully saturated rings. The van der Waals surface area contributed by atoms with Crippen LogP contribution in [0.5, 0.6) is 0 Å². The van der Waals surface area contributed by atoms with Crippen molar-refractivity contribution < 1.29 is 14.3 Å². The number of amides is 2. The highest BCUT2D eigenvalue weighted by atomic mass is 32.2. The monoisotopic (exact) mass is 364 g/mol. The first-order valence-electron chi connectivity index (χ1n) is 9.18. The van der Waals surface area contributed by atoms with Gasteiger partial charge in [-0.2, -0.15) is 16.6 Å². The Kier molecular flexibility index (Phi) is 6.69. The summed E-state index contributed by atoms with van der Waals surface area (Å²) < 4.78 is 4.91. The summed E-state index contributed by atoms with van der Waals surface area (Å²) >= 11 is 1.81. The van der Waals surface area contributed by atoms with Crippen LogP contribution in [-0.2, 0) is 28.8 Å². The molecule has 1 aromatic carbocycles. The molecule has 0 N–H and O–H groups in total. The van der Waals surface area contributed by atoms with Crippen LogP contribution in [0.1, 0.15) is 50.8 Å². The van der Waals surface area contributed by atoms with Gasteiger partial charge in [-0.3, -0.25) is 0 Å². The number of benzene rings is 1. The number of quaternary nitrogens is 1. The van der Waals surface area contributed by atoms with Crippen LogP contribution in [0, 0.1) is 0 Å². The Labute approximate surface area is 155 Å². The average molecular weight is 365 g/mol. The van der Waals surface area contributed by atoms with Gasteiger partial charge in [0, 0.05) is 23.3 Å². The fourth-order valence-corrected chi connectivity index (χ4v) is 5.23. The Morgan fingerprint density at radius 1 is 1.16 bits per heavy atom. The van der Waals surface area contributed by atoms with Crippen LogP contribution < -0.4 is 4.48 Å². The fourth-order valence-electron chi connectivity index (χ4n) is 3.97. The van der Waals surface area contributed by atoms with Gasteiger partial charge in [0.1, 0.15) is 6.04 Å². The number of methoxy groups -OCH3 is 1. The minimum atomic E-state index is -0.450. The summed E-state index contributed by atoms with van der Waals surface area (Å²) in [5.41, 5.74) is 4.31. The van der Waals surface area contributed by atoms with Crippen molar-refractivity contribution in [1.82, 2.24) is 4.48 Å². The van der Waals surface area contributed by atoms with Gasteiger partial charge >= 0.3 is 12.0 Å². The summed E-state index contributed by atoms with van der Waals surface area (Å²) in [6, 6.07) is 4.27. The van der Waals surface area contributed by atoms with Gasteiger partial charge in [-0.15, -0.1) is 4.48 Å². The number of nitrogens with zero attached hydrogens (tertiary/aromatic N) is 1. The van der Waals surface area contributed by atoms with Gasteiger partial charge in [0.15, 0.2) is 5.69 Å². The van der Waals surface area contributed by atoms with Crippen LogP contribution in [0.15, 0.2) is 12.1 Å². The van der Waals surface area contributed by atoms with Gasteiger partial charge in [-0.25, -0.2) is 4.79 Å². The molecule has 0 aromatic heterocycles. The maximum Gasteiger partial charge on any atom is 0.528 e. The van der Waals surface area contributed by atoms with E-state index in [4.69, 9.17) is 4.74 Å². The largest absolute Gasteiger partial charge is 0.528 e. The summed E-state index contributed by atoms with van der Waals surface area (Å²) in [4.78, 5) is 26.1. The molecular formula is C20H30NO3S+. The third-order valence-electron chi connectivity index (χ3n) is 5.26. The number of carbonyl (C=O) groups excluding carboxylic acids is 2. The fraction of sp³-hybridized carbons (Fsp3) is 0.600. The zero-order valence-electron chi connectivity index (χ0n) is 16.1. The van der Waals surface area contributed by atoms with Crippen molar-refractivity contribution in [2.45, 2.75) is 59.4 Å². The quantitative estimate of drug-likeness (QED) is 0.722. The second-order valence-electron chi connectivity index (χ2n) is 6.55. The number of imide groups is 1. The highest BCUT2D eigenvalue weighted by Gasteiger charge is 2.55. The second-order valence-corrected chi connectivity index (χ2v) is 7.70. The number of hydrogen-bond acceptors (Lipinski definition) is 4. The molecule has 2 atom stereocenters. The van der Waals surface area contributed by atoms with Crippen LogP contribution in [0.25, 0.3) is 0 Å². The van der Waals surface area contributed by atoms with Crippen molar-refractivity contribution in [3.8, 4) is 0 Å². The molecule has 2 rings (SSSR count). The topological polar surface area (TPSA) is 43.4 Å². The third kappa shape index (κ3) is 3.36. The molecule has 0 bridgehead atoms. The van der Waals surface area contributed by atoms with Crippen LogP contribution in [0.2, 0.25) is 0 Å². The Morgan fingerprint density at radius 2 is 1.76 bits per heavy atom. The summed E-state index contributed by atoms with van der Waals surface area (Å²) in [6.07, 6.45) is 2.92. The Balaban J connectivity index is 2.85. The first kappa shape index (κ1) is 20.0. The molecule has 1 aliphatic heterocycles. The van der Waals surface area contributed by atoms with E-state index in [1.807, 2.05) is 11.8 Å². The maximum atomic E-state index is 13.1. The van der Waals surface area contributed by atoms with Crippen LogP contribution in [-0.4, -0.2) is 36.7 Å². The molecule has 0 saturated carbocycles. The summed E-state index contributed by atoms with van der Waals surface area (Å²) in [7, 11) is 1.39. The van der Waals surface area contributed by atoms with Crippen molar-refractivity contribution in [3.05, 3.63) is 28.8 Å². The molecule has 1 saturated heterocycles. The molecule has 1 aromatic rings. The van der Waals surface area contributed by atoms with E-state index in [0.717, 1.165) is 54.0 Å². The number of rotatable bonds is 5. The Morgan fingerprint density at radius 3 is 2.12 bits per heavy atom. The predicted octanol–water partition coefficient (Wildman–Crippen LogP) is 4.50. The zero-order valence-corrected chi connectivity index (χ0v) is 16.9. The van der Waals surface area contributed by atoms with Crippen LogP contribution >= 0.6 is 11.8 Å². The first-order valence-corrected chi connectivity index (χ1v) is 10.3. The lowest BCUT2D eigenvalue weighted by Gasteiger charge is -2.37. The van der Waals surface area contributed by atoms with Crippen molar-refractivity contribution >= 4 is 29.4 Å². The number of hydrogen-bond donors (Lipinski definition) is 0. The van der Waals surface area contributed by atoms with Crippen molar-refractivity contribution in [2.24, 2.45) is 0 Å². The van der Waals surface area contributed by atoms with E-state index in [2.05, 4.69) is 32.9 Å². The van der Waals surface area contributed by atoms with E-state index in [9.17, 15) is 9.59 Å². The highest BCUT2D eigenvalue weighted by Crippen LogP contribution is 2.41. The molecule has 0 spiro atoms. The maximum absolute atomic E-state index is 13.1. The van der Waals surface area contributed by atoms with E-state index in [1.165, 1.54) is 19.6 Å². The molecule has 25 heavy (non-hydrogen) atoms. The summed E-state index contributed by atoms with van der Waals surface area (Å²) in [5, 5.41) is 0. The van der Waals surface area contributed by atoms with Gasteiger partial charge in [-0.1, -0.05) is 20.8 Å². The second kappa shape index (κ2) is 8.37. The number of ether oxygens (including phenoxy) is 1. The molecule has 138 valence electrons. The lowest BCUT2D eigenvalue weighted by atomic mass is 9.94. The van der Waals surface area contributed by atoms with E-state index < -0.39 is 6.09 Å².